The summed E-state index contributed by atoms with van der Waals surface area (Å²) in [6, 6.07) is 15.5. The van der Waals surface area contributed by atoms with Crippen LogP contribution in [0.1, 0.15) is 16.7 Å². The first-order valence-corrected chi connectivity index (χ1v) is 6.33. The number of nitrogens with two attached hydrogens (primary N) is 1. The SMILES string of the molecule is Cc1ccccc1CC(=O)Nc1ccccc1CN. The van der Waals surface area contributed by atoms with Gasteiger partial charge in [0.25, 0.3) is 0 Å². The lowest BCUT2D eigenvalue weighted by molar-refractivity contribution is -0.115. The molecule has 0 bridgehead atoms. The molecule has 0 aliphatic rings. The zero-order valence-corrected chi connectivity index (χ0v) is 11.0. The second-order valence-corrected chi connectivity index (χ2v) is 4.51. The molecule has 19 heavy (non-hydrogen) atoms. The molecule has 3 heteroatoms. The van der Waals surface area contributed by atoms with Crippen molar-refractivity contribution in [2.75, 3.05) is 5.32 Å². The van der Waals surface area contributed by atoms with Crippen molar-refractivity contribution in [1.82, 2.24) is 0 Å². The highest BCUT2D eigenvalue weighted by atomic mass is 16.1. The maximum Gasteiger partial charge on any atom is 0.228 e. The summed E-state index contributed by atoms with van der Waals surface area (Å²) in [5.41, 5.74) is 9.57. The topological polar surface area (TPSA) is 55.1 Å². The number of rotatable bonds is 4. The summed E-state index contributed by atoms with van der Waals surface area (Å²) in [6.45, 7) is 2.43. The first-order valence-electron chi connectivity index (χ1n) is 6.33. The molecule has 1 amide bonds. The maximum absolute atomic E-state index is 12.1. The molecule has 0 radical (unpaired) electrons. The number of hydrogen-bond donors (Lipinski definition) is 2. The average Bonchev–Trinajstić information content (AvgIpc) is 2.42. The van der Waals surface area contributed by atoms with Gasteiger partial charge in [0.1, 0.15) is 0 Å². The van der Waals surface area contributed by atoms with Crippen molar-refractivity contribution in [3.8, 4) is 0 Å². The van der Waals surface area contributed by atoms with Crippen molar-refractivity contribution < 1.29 is 4.79 Å². The number of para-hydroxylation sites is 1. The van der Waals surface area contributed by atoms with Gasteiger partial charge in [-0.3, -0.25) is 4.79 Å². The Balaban J connectivity index is 2.08. The Bertz CT molecular complexity index is 578. The Kier molecular flexibility index (Phi) is 4.31. The molecule has 3 nitrogen and oxygen atoms in total. The number of hydrogen-bond acceptors (Lipinski definition) is 2. The van der Waals surface area contributed by atoms with Gasteiger partial charge in [-0.1, -0.05) is 42.5 Å². The standard InChI is InChI=1S/C16H18N2O/c1-12-6-2-3-7-13(12)10-16(19)18-15-9-5-4-8-14(15)11-17/h2-9H,10-11,17H2,1H3,(H,18,19). The van der Waals surface area contributed by atoms with Gasteiger partial charge in [0.15, 0.2) is 0 Å². The van der Waals surface area contributed by atoms with E-state index in [1.165, 1.54) is 0 Å². The Morgan fingerprint density at radius 1 is 1.05 bits per heavy atom. The van der Waals surface area contributed by atoms with Crippen molar-refractivity contribution in [1.29, 1.82) is 0 Å². The summed E-state index contributed by atoms with van der Waals surface area (Å²) in [5.74, 6) is -0.0183. The monoisotopic (exact) mass is 254 g/mol. The number of nitrogens with one attached hydrogen (secondary N) is 1. The zero-order valence-electron chi connectivity index (χ0n) is 11.0. The summed E-state index contributed by atoms with van der Waals surface area (Å²) < 4.78 is 0. The van der Waals surface area contributed by atoms with Gasteiger partial charge in [0, 0.05) is 12.2 Å². The average molecular weight is 254 g/mol. The fraction of sp³-hybridized carbons (Fsp3) is 0.188. The molecule has 2 rings (SSSR count). The summed E-state index contributed by atoms with van der Waals surface area (Å²) >= 11 is 0. The smallest absolute Gasteiger partial charge is 0.228 e. The number of benzene rings is 2. The fourth-order valence-corrected chi connectivity index (χ4v) is 2.00. The third kappa shape index (κ3) is 3.42. The van der Waals surface area contributed by atoms with Gasteiger partial charge in [-0.05, 0) is 29.7 Å². The van der Waals surface area contributed by atoms with E-state index in [1.54, 1.807) is 0 Å². The zero-order chi connectivity index (χ0) is 13.7. The molecule has 2 aromatic rings. The molecular formula is C16H18N2O. The molecule has 0 aliphatic carbocycles. The highest BCUT2D eigenvalue weighted by Crippen LogP contribution is 2.15. The first-order chi connectivity index (χ1) is 9.20. The number of aryl methyl sites for hydroxylation is 1. The predicted octanol–water partition coefficient (Wildman–Crippen LogP) is 2.63. The molecule has 3 N–H and O–H groups in total. The van der Waals surface area contributed by atoms with Crippen molar-refractivity contribution in [2.24, 2.45) is 5.73 Å². The summed E-state index contributed by atoms with van der Waals surface area (Å²) in [6.07, 6.45) is 0.381. The van der Waals surface area contributed by atoms with Gasteiger partial charge >= 0.3 is 0 Å². The van der Waals surface area contributed by atoms with Crippen LogP contribution in [-0.2, 0) is 17.8 Å². The largest absolute Gasteiger partial charge is 0.326 e. The lowest BCUT2D eigenvalue weighted by Crippen LogP contribution is -2.16. The molecule has 98 valence electrons. The maximum atomic E-state index is 12.1. The number of anilines is 1. The van der Waals surface area contributed by atoms with E-state index in [0.717, 1.165) is 22.4 Å². The Morgan fingerprint density at radius 2 is 1.68 bits per heavy atom. The van der Waals surface area contributed by atoms with E-state index in [4.69, 9.17) is 5.73 Å². The summed E-state index contributed by atoms with van der Waals surface area (Å²) in [7, 11) is 0. The van der Waals surface area contributed by atoms with Crippen LogP contribution in [0.5, 0.6) is 0 Å². The molecular weight excluding hydrogens is 236 g/mol. The minimum atomic E-state index is -0.0183. The second-order valence-electron chi connectivity index (χ2n) is 4.51. The Hall–Kier alpha value is -2.13. The fourth-order valence-electron chi connectivity index (χ4n) is 2.00. The number of carbonyl (C=O) groups excluding carboxylic acids is 1. The van der Waals surface area contributed by atoms with Crippen LogP contribution in [-0.4, -0.2) is 5.91 Å². The summed E-state index contributed by atoms with van der Waals surface area (Å²) in [5, 5.41) is 2.92. The van der Waals surface area contributed by atoms with E-state index in [1.807, 2.05) is 55.5 Å². The molecule has 0 saturated heterocycles. The van der Waals surface area contributed by atoms with Crippen molar-refractivity contribution in [2.45, 2.75) is 19.9 Å². The van der Waals surface area contributed by atoms with Gasteiger partial charge in [-0.15, -0.1) is 0 Å². The number of carbonyl (C=O) groups is 1. The molecule has 0 fully saturated rings. The van der Waals surface area contributed by atoms with E-state index in [2.05, 4.69) is 5.32 Å². The lowest BCUT2D eigenvalue weighted by Gasteiger charge is -2.10. The van der Waals surface area contributed by atoms with Crippen LogP contribution in [0.25, 0.3) is 0 Å². The third-order valence-electron chi connectivity index (χ3n) is 3.12. The van der Waals surface area contributed by atoms with Gasteiger partial charge in [-0.25, -0.2) is 0 Å². The molecule has 2 aromatic carbocycles. The van der Waals surface area contributed by atoms with Crippen LogP contribution in [0.15, 0.2) is 48.5 Å². The van der Waals surface area contributed by atoms with Gasteiger partial charge in [-0.2, -0.15) is 0 Å². The molecule has 0 saturated carbocycles. The number of amides is 1. The highest BCUT2D eigenvalue weighted by molar-refractivity contribution is 5.93. The highest BCUT2D eigenvalue weighted by Gasteiger charge is 2.07. The normalized spacial score (nSPS) is 10.2. The quantitative estimate of drug-likeness (QED) is 0.881. The molecule has 0 unspecified atom stereocenters. The van der Waals surface area contributed by atoms with Crippen molar-refractivity contribution >= 4 is 11.6 Å². The third-order valence-corrected chi connectivity index (χ3v) is 3.12. The van der Waals surface area contributed by atoms with E-state index in [-0.39, 0.29) is 5.91 Å². The van der Waals surface area contributed by atoms with Crippen molar-refractivity contribution in [3.05, 3.63) is 65.2 Å². The minimum Gasteiger partial charge on any atom is -0.326 e. The molecule has 0 aromatic heterocycles. The minimum absolute atomic E-state index is 0.0183. The summed E-state index contributed by atoms with van der Waals surface area (Å²) in [4.78, 5) is 12.1. The Labute approximate surface area is 113 Å². The van der Waals surface area contributed by atoms with Crippen LogP contribution < -0.4 is 11.1 Å². The van der Waals surface area contributed by atoms with Crippen molar-refractivity contribution in [3.63, 3.8) is 0 Å². The van der Waals surface area contributed by atoms with Crippen LogP contribution in [0, 0.1) is 6.92 Å². The van der Waals surface area contributed by atoms with Gasteiger partial charge in [0.2, 0.25) is 5.91 Å². The van der Waals surface area contributed by atoms with Gasteiger partial charge < -0.3 is 11.1 Å². The van der Waals surface area contributed by atoms with E-state index < -0.39 is 0 Å². The Morgan fingerprint density at radius 3 is 2.37 bits per heavy atom. The van der Waals surface area contributed by atoms with Gasteiger partial charge in [0.05, 0.1) is 6.42 Å². The molecule has 0 heterocycles. The van der Waals surface area contributed by atoms with Crippen LogP contribution >= 0.6 is 0 Å². The van der Waals surface area contributed by atoms with Crippen LogP contribution in [0.4, 0.5) is 5.69 Å². The molecule has 0 spiro atoms. The molecule has 0 atom stereocenters. The first kappa shape index (κ1) is 13.3. The predicted molar refractivity (Wildman–Crippen MR) is 77.8 cm³/mol. The van der Waals surface area contributed by atoms with E-state index >= 15 is 0 Å². The van der Waals surface area contributed by atoms with E-state index in [9.17, 15) is 4.79 Å². The van der Waals surface area contributed by atoms with Crippen LogP contribution in [0.2, 0.25) is 0 Å². The molecule has 0 aliphatic heterocycles. The van der Waals surface area contributed by atoms with E-state index in [0.29, 0.717) is 13.0 Å². The van der Waals surface area contributed by atoms with Crippen LogP contribution in [0.3, 0.4) is 0 Å². The second kappa shape index (κ2) is 6.16. The lowest BCUT2D eigenvalue weighted by atomic mass is 10.1.